The van der Waals surface area contributed by atoms with Crippen LogP contribution in [0.25, 0.3) is 10.9 Å². The number of fused-ring (bicyclic) bond motifs is 1. The van der Waals surface area contributed by atoms with Gasteiger partial charge < -0.3 is 20.1 Å². The molecule has 4 rings (SSSR count). The van der Waals surface area contributed by atoms with Gasteiger partial charge in [0.15, 0.2) is 0 Å². The number of aromatic amines is 1. The highest BCUT2D eigenvalue weighted by molar-refractivity contribution is 5.85. The minimum absolute atomic E-state index is 0.0504. The molecule has 2 aromatic heterocycles. The number of hydrogen-bond donors (Lipinski definition) is 3. The highest BCUT2D eigenvalue weighted by Crippen LogP contribution is 2.30. The quantitative estimate of drug-likeness (QED) is 0.417. The zero-order chi connectivity index (χ0) is 20.1. The number of anilines is 1. The Morgan fingerprint density at radius 2 is 2.00 bits per heavy atom. The summed E-state index contributed by atoms with van der Waals surface area (Å²) in [5.74, 6) is 0.711. The van der Waals surface area contributed by atoms with Crippen molar-refractivity contribution in [2.45, 2.75) is 12.5 Å². The van der Waals surface area contributed by atoms with Crippen LogP contribution in [0.4, 0.5) is 5.69 Å². The van der Waals surface area contributed by atoms with Crippen molar-refractivity contribution in [1.82, 2.24) is 9.97 Å². The topological polar surface area (TPSA) is 70.2 Å². The Morgan fingerprint density at radius 1 is 1.14 bits per heavy atom. The van der Waals surface area contributed by atoms with Crippen LogP contribution in [0.1, 0.15) is 22.7 Å². The second-order valence-electron chi connectivity index (χ2n) is 6.91. The monoisotopic (exact) mass is 386 g/mol. The molecule has 0 saturated heterocycles. The van der Waals surface area contributed by atoms with Crippen LogP contribution in [0.3, 0.4) is 0 Å². The van der Waals surface area contributed by atoms with E-state index in [9.17, 15) is 5.11 Å². The summed E-state index contributed by atoms with van der Waals surface area (Å²) in [5, 5.41) is 14.0. The van der Waals surface area contributed by atoms with Crippen LogP contribution in [0.5, 0.6) is 5.75 Å². The Kier molecular flexibility index (Phi) is 5.77. The van der Waals surface area contributed by atoms with E-state index in [1.165, 1.54) is 0 Å². The average molecular weight is 386 g/mol. The Balaban J connectivity index is 1.67. The molecule has 0 aliphatic heterocycles. The van der Waals surface area contributed by atoms with E-state index in [0.29, 0.717) is 12.2 Å². The van der Waals surface area contributed by atoms with Gasteiger partial charge in [0, 0.05) is 36.2 Å². The van der Waals surface area contributed by atoms with Crippen molar-refractivity contribution in [1.29, 1.82) is 0 Å². The lowest BCUT2D eigenvalue weighted by atomic mass is 9.97. The van der Waals surface area contributed by atoms with E-state index in [4.69, 9.17) is 4.74 Å². The summed E-state index contributed by atoms with van der Waals surface area (Å²) in [7, 11) is 1.64. The molecule has 0 spiro atoms. The van der Waals surface area contributed by atoms with E-state index in [0.717, 1.165) is 33.3 Å². The van der Waals surface area contributed by atoms with Crippen molar-refractivity contribution in [2.75, 3.05) is 19.0 Å². The van der Waals surface area contributed by atoms with Crippen LogP contribution < -0.4 is 10.1 Å². The Morgan fingerprint density at radius 3 is 2.79 bits per heavy atom. The molecule has 4 aromatic rings. The number of aliphatic hydroxyl groups excluding tert-OH is 1. The van der Waals surface area contributed by atoms with Crippen molar-refractivity contribution in [3.8, 4) is 5.75 Å². The van der Waals surface area contributed by atoms with Gasteiger partial charge in [0.2, 0.25) is 0 Å². The molecule has 5 heteroatoms. The summed E-state index contributed by atoms with van der Waals surface area (Å²) >= 11 is 0. The Labute approximate surface area is 170 Å². The molecule has 0 fully saturated rings. The summed E-state index contributed by atoms with van der Waals surface area (Å²) in [4.78, 5) is 7.59. The van der Waals surface area contributed by atoms with Gasteiger partial charge >= 0.3 is 0 Å². The molecule has 1 unspecified atom stereocenters. The van der Waals surface area contributed by atoms with Crippen LogP contribution in [0, 0.1) is 6.42 Å². The summed E-state index contributed by atoms with van der Waals surface area (Å²) < 4.78 is 5.30. The van der Waals surface area contributed by atoms with Gasteiger partial charge in [-0.05, 0) is 35.2 Å². The van der Waals surface area contributed by atoms with Gasteiger partial charge in [-0.3, -0.25) is 4.98 Å². The molecule has 0 aliphatic rings. The number of hydrogen-bond acceptors (Lipinski definition) is 4. The van der Waals surface area contributed by atoms with E-state index in [1.807, 2.05) is 36.5 Å². The van der Waals surface area contributed by atoms with Crippen molar-refractivity contribution >= 4 is 16.6 Å². The van der Waals surface area contributed by atoms with Crippen LogP contribution in [-0.4, -0.2) is 28.8 Å². The summed E-state index contributed by atoms with van der Waals surface area (Å²) in [6.07, 6.45) is 8.36. The smallest absolute Gasteiger partial charge is 0.139 e. The van der Waals surface area contributed by atoms with Gasteiger partial charge in [0.25, 0.3) is 0 Å². The first-order valence-corrected chi connectivity index (χ1v) is 9.63. The van der Waals surface area contributed by atoms with Crippen LogP contribution in [0.2, 0.25) is 0 Å². The van der Waals surface area contributed by atoms with E-state index in [2.05, 4.69) is 46.0 Å². The maximum Gasteiger partial charge on any atom is 0.139 e. The zero-order valence-electron chi connectivity index (χ0n) is 16.3. The van der Waals surface area contributed by atoms with Gasteiger partial charge in [0.1, 0.15) is 5.75 Å². The second-order valence-corrected chi connectivity index (χ2v) is 6.91. The number of benzene rings is 2. The third-order valence-electron chi connectivity index (χ3n) is 4.95. The molecule has 0 saturated carbocycles. The van der Waals surface area contributed by atoms with Crippen LogP contribution in [-0.2, 0) is 6.42 Å². The maximum atomic E-state index is 9.27. The predicted octanol–water partition coefficient (Wildman–Crippen LogP) is 4.51. The minimum atomic E-state index is -0.0504. The van der Waals surface area contributed by atoms with Gasteiger partial charge in [-0.25, -0.2) is 0 Å². The molecular weight excluding hydrogens is 362 g/mol. The number of aliphatic hydroxyl groups is 1. The lowest BCUT2D eigenvalue weighted by Gasteiger charge is -2.20. The van der Waals surface area contributed by atoms with E-state index >= 15 is 0 Å². The van der Waals surface area contributed by atoms with Crippen molar-refractivity contribution < 1.29 is 9.84 Å². The van der Waals surface area contributed by atoms with Crippen molar-refractivity contribution in [2.24, 2.45) is 0 Å². The third-order valence-corrected chi connectivity index (χ3v) is 4.95. The lowest BCUT2D eigenvalue weighted by Crippen LogP contribution is -2.12. The number of nitrogens with zero attached hydrogens (tertiary/aromatic N) is 1. The first-order valence-electron chi connectivity index (χ1n) is 9.63. The number of pyridine rings is 1. The molecule has 5 nitrogen and oxygen atoms in total. The number of nitrogens with one attached hydrogen (secondary N) is 2. The predicted molar refractivity (Wildman–Crippen MR) is 116 cm³/mol. The zero-order valence-corrected chi connectivity index (χ0v) is 16.3. The van der Waals surface area contributed by atoms with Gasteiger partial charge in [-0.1, -0.05) is 36.4 Å². The summed E-state index contributed by atoms with van der Waals surface area (Å²) in [6.45, 7) is 0.145. The second kappa shape index (κ2) is 8.80. The number of H-pyrrole nitrogens is 1. The molecule has 29 heavy (non-hydrogen) atoms. The fourth-order valence-corrected chi connectivity index (χ4v) is 3.46. The SMILES string of the molecule is COc1cncc(NC([CH]c2c[nH]c3ccc(CCO)cc23)c2ccccc2)c1. The number of aromatic nitrogens is 2. The van der Waals surface area contributed by atoms with E-state index in [1.54, 1.807) is 19.5 Å². The average Bonchev–Trinajstić information content (AvgIpc) is 3.16. The number of ether oxygens (including phenoxy) is 1. The minimum Gasteiger partial charge on any atom is -0.495 e. The molecule has 3 N–H and O–H groups in total. The molecule has 0 amide bonds. The van der Waals surface area contributed by atoms with Crippen molar-refractivity contribution in [3.63, 3.8) is 0 Å². The normalized spacial score (nSPS) is 12.1. The molecule has 0 aliphatic carbocycles. The Hall–Kier alpha value is -3.31. The fourth-order valence-electron chi connectivity index (χ4n) is 3.46. The highest BCUT2D eigenvalue weighted by atomic mass is 16.5. The molecular formula is C24H24N3O2. The highest BCUT2D eigenvalue weighted by Gasteiger charge is 2.16. The summed E-state index contributed by atoms with van der Waals surface area (Å²) in [5.41, 5.74) is 5.34. The van der Waals surface area contributed by atoms with Crippen LogP contribution in [0.15, 0.2) is 73.2 Å². The fraction of sp³-hybridized carbons (Fsp3) is 0.167. The molecule has 2 aromatic carbocycles. The maximum absolute atomic E-state index is 9.27. The Bertz CT molecular complexity index is 1080. The van der Waals surface area contributed by atoms with Crippen molar-refractivity contribution in [3.05, 3.63) is 96.3 Å². The molecule has 1 atom stereocenters. The molecule has 147 valence electrons. The molecule has 0 bridgehead atoms. The van der Waals surface area contributed by atoms with Gasteiger partial charge in [-0.15, -0.1) is 0 Å². The van der Waals surface area contributed by atoms with Gasteiger partial charge in [0.05, 0.1) is 31.2 Å². The number of methoxy groups -OCH3 is 1. The van der Waals surface area contributed by atoms with Crippen LogP contribution >= 0.6 is 0 Å². The largest absolute Gasteiger partial charge is 0.495 e. The lowest BCUT2D eigenvalue weighted by molar-refractivity contribution is 0.299. The number of rotatable bonds is 8. The molecule has 2 heterocycles. The first-order chi connectivity index (χ1) is 14.3. The van der Waals surface area contributed by atoms with E-state index < -0.39 is 0 Å². The van der Waals surface area contributed by atoms with E-state index in [-0.39, 0.29) is 12.6 Å². The standard InChI is InChI=1S/C24H24N3O2/c1-29-21-13-20(15-25-16-21)27-24(18-5-3-2-4-6-18)12-19-14-26-23-8-7-17(9-10-28)11-22(19)23/h2-8,11-16,24,26-28H,9-10H2,1H3. The molecule has 1 radical (unpaired) electrons. The first kappa shape index (κ1) is 19.0. The third kappa shape index (κ3) is 4.41. The summed E-state index contributed by atoms with van der Waals surface area (Å²) in [6, 6.07) is 18.4. The van der Waals surface area contributed by atoms with Gasteiger partial charge in [-0.2, -0.15) is 0 Å².